The molecule has 15 nitrogen and oxygen atoms in total. The number of hydrogen-bond acceptors (Lipinski definition) is 9. The van der Waals surface area contributed by atoms with Crippen molar-refractivity contribution in [3.8, 4) is 0 Å². The summed E-state index contributed by atoms with van der Waals surface area (Å²) in [4.78, 5) is 101. The van der Waals surface area contributed by atoms with Crippen LogP contribution in [-0.2, 0) is 28.7 Å². The number of rotatable bonds is 27. The molecular weight excluding hydrogens is 983 g/mol. The Morgan fingerprint density at radius 2 is 0.782 bits per heavy atom. The lowest BCUT2D eigenvalue weighted by Gasteiger charge is -2.18. The predicted molar refractivity (Wildman–Crippen MR) is 298 cm³/mol. The van der Waals surface area contributed by atoms with Gasteiger partial charge in [-0.05, 0) is 87.2 Å². The van der Waals surface area contributed by atoms with Gasteiger partial charge in [0.15, 0.2) is 0 Å². The molecule has 5 aliphatic rings. The fraction of sp³-hybridized carbons (Fsp3) is 0.508. The maximum atomic E-state index is 14.2. The van der Waals surface area contributed by atoms with E-state index in [-0.39, 0.29) is 103 Å². The topological polar surface area (TPSA) is 187 Å². The fourth-order valence-corrected chi connectivity index (χ4v) is 11.7. The van der Waals surface area contributed by atoms with E-state index in [1.807, 2.05) is 68.7 Å². The summed E-state index contributed by atoms with van der Waals surface area (Å²) in [5.74, 6) is -4.12. The highest BCUT2D eigenvalue weighted by Crippen LogP contribution is 2.44. The molecule has 10 atom stereocenters. The van der Waals surface area contributed by atoms with Crippen LogP contribution in [0, 0.1) is 23.7 Å². The van der Waals surface area contributed by atoms with Crippen LogP contribution in [0.5, 0.6) is 0 Å². The maximum absolute atomic E-state index is 14.2. The minimum absolute atomic E-state index is 0.0385. The Hall–Kier alpha value is -6.87. The van der Waals surface area contributed by atoms with E-state index >= 15 is 0 Å². The van der Waals surface area contributed by atoms with Gasteiger partial charge < -0.3 is 35.8 Å². The van der Waals surface area contributed by atoms with E-state index in [2.05, 4.69) is 57.7 Å². The summed E-state index contributed by atoms with van der Waals surface area (Å²) < 4.78 is 5.27. The third-order valence-corrected chi connectivity index (χ3v) is 16.6. The highest BCUT2D eigenvalue weighted by Gasteiger charge is 2.50. The smallest absolute Gasteiger partial charge is 0.320 e. The van der Waals surface area contributed by atoms with E-state index in [0.29, 0.717) is 30.8 Å². The van der Waals surface area contributed by atoms with Crippen molar-refractivity contribution in [2.75, 3.05) is 60.0 Å². The molecule has 9 rings (SSSR count). The predicted octanol–water partition coefficient (Wildman–Crippen LogP) is 7.20. The Balaban J connectivity index is 0.768. The van der Waals surface area contributed by atoms with Crippen LogP contribution in [0.15, 0.2) is 115 Å². The van der Waals surface area contributed by atoms with Crippen LogP contribution in [0.2, 0.25) is 0 Å². The molecule has 2 aliphatic heterocycles. The quantitative estimate of drug-likeness (QED) is 0.0354. The molecule has 6 amide bonds. The van der Waals surface area contributed by atoms with Gasteiger partial charge in [0.2, 0.25) is 23.6 Å². The number of carbonyl (C=O) groups excluding carboxylic acids is 7. The van der Waals surface area contributed by atoms with E-state index in [1.54, 1.807) is 39.0 Å². The number of carbonyl (C=O) groups is 7. The van der Waals surface area contributed by atoms with Gasteiger partial charge in [0.1, 0.15) is 0 Å². The second-order valence-corrected chi connectivity index (χ2v) is 22.8. The first kappa shape index (κ1) is 55.9. The van der Waals surface area contributed by atoms with Gasteiger partial charge in [-0.25, -0.2) is 0 Å². The first-order chi connectivity index (χ1) is 37.9. The molecule has 0 radical (unpaired) electrons. The minimum atomic E-state index is -0.738. The highest BCUT2D eigenvalue weighted by molar-refractivity contribution is 6.00. The van der Waals surface area contributed by atoms with Gasteiger partial charge in [0.25, 0.3) is 11.8 Å². The van der Waals surface area contributed by atoms with Crippen LogP contribution in [0.4, 0.5) is 0 Å². The minimum Gasteiger partial charge on any atom is -0.465 e. The molecule has 78 heavy (non-hydrogen) atoms. The number of likely N-dealkylation sites (N-methyl/N-ethyl adjacent to an activating group) is 1. The molecular formula is C63H79N7O8. The summed E-state index contributed by atoms with van der Waals surface area (Å²) in [6.07, 6.45) is 13.0. The van der Waals surface area contributed by atoms with E-state index < -0.39 is 23.7 Å². The van der Waals surface area contributed by atoms with Gasteiger partial charge in [-0.3, -0.25) is 38.5 Å². The molecule has 0 bridgehead atoms. The molecule has 0 spiro atoms. The monoisotopic (exact) mass is 1060 g/mol. The Bertz CT molecular complexity index is 2610. The van der Waals surface area contributed by atoms with Crippen LogP contribution in [-0.4, -0.2) is 134 Å². The Labute approximate surface area is 460 Å². The Morgan fingerprint density at radius 3 is 1.14 bits per heavy atom. The van der Waals surface area contributed by atoms with Crippen LogP contribution in [0.25, 0.3) is 0 Å². The summed E-state index contributed by atoms with van der Waals surface area (Å²) in [7, 11) is 3.70. The number of unbranched alkanes of at least 4 members (excludes halogenated alkanes) is 9. The van der Waals surface area contributed by atoms with Crippen molar-refractivity contribution in [1.82, 2.24) is 36.0 Å². The molecule has 414 valence electrons. The second-order valence-electron chi connectivity index (χ2n) is 22.8. The van der Waals surface area contributed by atoms with E-state index in [0.717, 1.165) is 93.7 Å². The average molecular weight is 1060 g/mol. The first-order valence-corrected chi connectivity index (χ1v) is 28.7. The first-order valence-electron chi connectivity index (χ1n) is 28.7. The lowest BCUT2D eigenvalue weighted by Crippen LogP contribution is -2.43. The standard InChI is InChI=1S/C63H79N7O8/c1-68(2)41-57(71)78-33-21-10-8-6-4-3-5-7-9-20-32-64-58(72)50-37-69(38-51(50)59(73)65-54-34-47(54)42-22-14-11-15-23-42)62(76)45-28-30-46(31-29-45)63(77)70-39-52(60(74)66-55-35-48(55)43-24-16-12-17-25-43)53(40-70)61(75)67-56-36-49(56)44-26-18-13-19-27-44/h11-19,22-31,47-56H,3-10,20-21,32-41H2,1-2H3,(H,64,72)(H,65,73)(H,66,74)(H,67,75)/t47-,48-,49-,50-,51-,52-,53-,54+,55+,56+/m1/s1. The van der Waals surface area contributed by atoms with Crippen molar-refractivity contribution >= 4 is 41.4 Å². The zero-order chi connectivity index (χ0) is 54.5. The Morgan fingerprint density at radius 1 is 0.449 bits per heavy atom. The molecule has 15 heteroatoms. The molecule has 5 fully saturated rings. The van der Waals surface area contributed by atoms with Crippen LogP contribution in [0.1, 0.15) is 139 Å². The van der Waals surface area contributed by atoms with Gasteiger partial charge >= 0.3 is 5.97 Å². The van der Waals surface area contributed by atoms with Gasteiger partial charge in [0, 0.05) is 79.7 Å². The third kappa shape index (κ3) is 15.0. The molecule has 0 aromatic heterocycles. The SMILES string of the molecule is CN(C)CC(=O)OCCCCCCCCCCCCNC(=O)[C@@H]1CN(C(=O)c2ccc(C(=O)N3C[C@@H](C(=O)N[C@H]4C[C@@H]4c4ccccc4)[C@H](C(=O)N[C@H]4C[C@@H]4c4ccccc4)C3)cc2)C[C@H]1C(=O)N[C@H]1C[C@@H]1c1ccccc1. The lowest BCUT2D eigenvalue weighted by molar-refractivity contribution is -0.144. The maximum Gasteiger partial charge on any atom is 0.320 e. The largest absolute Gasteiger partial charge is 0.465 e. The molecule has 2 heterocycles. The van der Waals surface area contributed by atoms with Gasteiger partial charge in [-0.2, -0.15) is 0 Å². The van der Waals surface area contributed by atoms with Crippen LogP contribution < -0.4 is 21.3 Å². The number of amides is 6. The second kappa shape index (κ2) is 26.7. The molecule has 3 aliphatic carbocycles. The summed E-state index contributed by atoms with van der Waals surface area (Å²) in [6.45, 7) is 1.60. The lowest BCUT2D eigenvalue weighted by atomic mass is 9.94. The molecule has 4 N–H and O–H groups in total. The van der Waals surface area contributed by atoms with Crippen molar-refractivity contribution < 1.29 is 38.3 Å². The van der Waals surface area contributed by atoms with E-state index in [4.69, 9.17) is 4.74 Å². The fourth-order valence-electron chi connectivity index (χ4n) is 11.7. The molecule has 4 aromatic carbocycles. The molecule has 3 saturated carbocycles. The molecule has 0 unspecified atom stereocenters. The van der Waals surface area contributed by atoms with Crippen molar-refractivity contribution in [2.24, 2.45) is 23.7 Å². The van der Waals surface area contributed by atoms with E-state index in [9.17, 15) is 33.6 Å². The zero-order valence-corrected chi connectivity index (χ0v) is 45.5. The van der Waals surface area contributed by atoms with Crippen molar-refractivity contribution in [3.05, 3.63) is 143 Å². The number of nitrogens with one attached hydrogen (secondary N) is 4. The Kier molecular flexibility index (Phi) is 19.1. The van der Waals surface area contributed by atoms with E-state index in [1.165, 1.54) is 6.42 Å². The summed E-state index contributed by atoms with van der Waals surface area (Å²) >= 11 is 0. The third-order valence-electron chi connectivity index (χ3n) is 16.6. The molecule has 4 aromatic rings. The average Bonchev–Trinajstić information content (AvgIpc) is 4.49. The number of ether oxygens (including phenoxy) is 1. The molecule has 2 saturated heterocycles. The number of esters is 1. The summed E-state index contributed by atoms with van der Waals surface area (Å²) in [6, 6.07) is 36.5. The zero-order valence-electron chi connectivity index (χ0n) is 45.5. The normalized spacial score (nSPS) is 24.8. The van der Waals surface area contributed by atoms with Crippen LogP contribution >= 0.6 is 0 Å². The van der Waals surface area contributed by atoms with Gasteiger partial charge in [-0.1, -0.05) is 142 Å². The van der Waals surface area contributed by atoms with Crippen LogP contribution in [0.3, 0.4) is 0 Å². The summed E-state index contributed by atoms with van der Waals surface area (Å²) in [5.41, 5.74) is 4.12. The van der Waals surface area contributed by atoms with Gasteiger partial charge in [0.05, 0.1) is 36.8 Å². The summed E-state index contributed by atoms with van der Waals surface area (Å²) in [5, 5.41) is 12.7. The van der Waals surface area contributed by atoms with Crippen molar-refractivity contribution in [1.29, 1.82) is 0 Å². The number of nitrogens with zero attached hydrogens (tertiary/aromatic N) is 3. The highest BCUT2D eigenvalue weighted by atomic mass is 16.5. The number of benzene rings is 4. The van der Waals surface area contributed by atoms with Gasteiger partial charge in [-0.15, -0.1) is 0 Å². The van der Waals surface area contributed by atoms with Crippen molar-refractivity contribution in [2.45, 2.75) is 119 Å². The van der Waals surface area contributed by atoms with Crippen molar-refractivity contribution in [3.63, 3.8) is 0 Å². The number of hydrogen-bond donors (Lipinski definition) is 4. The number of likely N-dealkylation sites (tertiary alicyclic amines) is 2.